The van der Waals surface area contributed by atoms with Crippen molar-refractivity contribution >= 4 is 40.8 Å². The Hall–Kier alpha value is -2.53. The fourth-order valence-electron chi connectivity index (χ4n) is 2.29. The van der Waals surface area contributed by atoms with Crippen molar-refractivity contribution < 1.29 is 14.7 Å². The lowest BCUT2D eigenvalue weighted by atomic mass is 10.1. The van der Waals surface area contributed by atoms with Crippen LogP contribution in [0.4, 0.5) is 5.69 Å². The minimum Gasteiger partial charge on any atom is -0.477 e. The van der Waals surface area contributed by atoms with Crippen LogP contribution in [0.2, 0.25) is 5.02 Å². The Morgan fingerprint density at radius 3 is 2.76 bits per heavy atom. The van der Waals surface area contributed by atoms with Gasteiger partial charge in [0, 0.05) is 22.0 Å². The lowest BCUT2D eigenvalue weighted by Crippen LogP contribution is -2.03. The fourth-order valence-corrected chi connectivity index (χ4v) is 2.46. The molecule has 1 aromatic heterocycles. The lowest BCUT2D eigenvalue weighted by molar-refractivity contribution is -0.110. The number of carbonyl (C=O) groups is 2. The van der Waals surface area contributed by atoms with Gasteiger partial charge in [-0.3, -0.25) is 4.79 Å². The van der Waals surface area contributed by atoms with E-state index in [1.54, 1.807) is 31.2 Å². The van der Waals surface area contributed by atoms with Crippen LogP contribution in [0.3, 0.4) is 0 Å². The maximum atomic E-state index is 12.0. The highest BCUT2D eigenvalue weighted by Crippen LogP contribution is 2.35. The number of aromatic nitrogens is 1. The Morgan fingerprint density at radius 1 is 1.33 bits per heavy atom. The molecule has 0 bridgehead atoms. The van der Waals surface area contributed by atoms with E-state index in [1.165, 1.54) is 6.07 Å². The molecule has 0 saturated carbocycles. The maximum Gasteiger partial charge on any atom is 0.352 e. The highest BCUT2D eigenvalue weighted by Gasteiger charge is 2.24. The summed E-state index contributed by atoms with van der Waals surface area (Å²) < 4.78 is 0. The molecular weight excluding hydrogens is 292 g/mol. The van der Waals surface area contributed by atoms with Gasteiger partial charge in [-0.05, 0) is 42.8 Å². The van der Waals surface area contributed by atoms with Crippen LogP contribution in [0, 0.1) is 6.92 Å². The summed E-state index contributed by atoms with van der Waals surface area (Å²) in [6.45, 7) is 1.78. The second-order valence-electron chi connectivity index (χ2n) is 4.79. The number of carbonyl (C=O) groups excluding carboxylic acids is 1. The molecule has 21 heavy (non-hydrogen) atoms. The minimum atomic E-state index is -1.04. The summed E-state index contributed by atoms with van der Waals surface area (Å²) in [6.07, 6.45) is 1.64. The van der Waals surface area contributed by atoms with Crippen molar-refractivity contribution in [3.63, 3.8) is 0 Å². The summed E-state index contributed by atoms with van der Waals surface area (Å²) >= 11 is 5.96. The van der Waals surface area contributed by atoms with E-state index in [4.69, 9.17) is 16.7 Å². The molecule has 2 aromatic rings. The van der Waals surface area contributed by atoms with E-state index in [1.807, 2.05) is 0 Å². The van der Waals surface area contributed by atoms with Crippen molar-refractivity contribution in [2.24, 2.45) is 0 Å². The van der Waals surface area contributed by atoms with Crippen molar-refractivity contribution in [2.45, 2.75) is 6.92 Å². The fraction of sp³-hybridized carbons (Fsp3) is 0.0667. The molecule has 0 saturated heterocycles. The monoisotopic (exact) mass is 302 g/mol. The van der Waals surface area contributed by atoms with Gasteiger partial charge in [-0.2, -0.15) is 0 Å². The summed E-state index contributed by atoms with van der Waals surface area (Å²) in [4.78, 5) is 25.8. The number of aryl methyl sites for hydroxylation is 1. The van der Waals surface area contributed by atoms with E-state index < -0.39 is 5.97 Å². The Labute approximate surface area is 125 Å². The van der Waals surface area contributed by atoms with Crippen LogP contribution in [-0.4, -0.2) is 22.0 Å². The second-order valence-corrected chi connectivity index (χ2v) is 5.22. The van der Waals surface area contributed by atoms with Crippen LogP contribution >= 0.6 is 11.6 Å². The van der Waals surface area contributed by atoms with E-state index >= 15 is 0 Å². The van der Waals surface area contributed by atoms with E-state index in [9.17, 15) is 9.59 Å². The zero-order valence-electron chi connectivity index (χ0n) is 11.0. The van der Waals surface area contributed by atoms with Crippen molar-refractivity contribution in [3.05, 3.63) is 51.8 Å². The number of rotatable bonds is 2. The Bertz CT molecular complexity index is 805. The molecule has 1 amide bonds. The topological polar surface area (TPSA) is 82.2 Å². The normalized spacial score (nSPS) is 15.1. The average molecular weight is 303 g/mol. The van der Waals surface area contributed by atoms with Crippen molar-refractivity contribution in [1.29, 1.82) is 0 Å². The quantitative estimate of drug-likeness (QED) is 0.745. The number of carboxylic acids is 1. The van der Waals surface area contributed by atoms with Crippen molar-refractivity contribution in [1.82, 2.24) is 4.98 Å². The average Bonchev–Trinajstić information content (AvgIpc) is 2.93. The van der Waals surface area contributed by atoms with E-state index in [2.05, 4.69) is 10.3 Å². The molecule has 1 aromatic carbocycles. The number of benzene rings is 1. The number of fused-ring (bicyclic) bond motifs is 1. The standard InChI is InChI=1S/C15H11ClN2O3/c1-7-4-13(15(20)21)17-12(7)6-10-9-5-8(16)2-3-11(9)18-14(10)19/h2-6,17H,1H3,(H,18,19)(H,20,21). The third kappa shape index (κ3) is 2.32. The SMILES string of the molecule is Cc1cc(C(=O)O)[nH]c1C=C1C(=O)Nc2ccc(Cl)cc21. The molecule has 0 fully saturated rings. The molecule has 0 unspecified atom stereocenters. The Morgan fingerprint density at radius 2 is 2.10 bits per heavy atom. The smallest absolute Gasteiger partial charge is 0.352 e. The molecule has 6 heteroatoms. The van der Waals surface area contributed by atoms with Gasteiger partial charge in [0.05, 0.1) is 5.57 Å². The molecule has 1 aliphatic rings. The predicted molar refractivity (Wildman–Crippen MR) is 80.4 cm³/mol. The van der Waals surface area contributed by atoms with Crippen molar-refractivity contribution in [3.8, 4) is 0 Å². The van der Waals surface area contributed by atoms with Gasteiger partial charge in [0.2, 0.25) is 0 Å². The molecule has 5 nitrogen and oxygen atoms in total. The summed E-state index contributed by atoms with van der Waals surface area (Å²) in [5.74, 6) is -1.28. The molecular formula is C15H11ClN2O3. The summed E-state index contributed by atoms with van der Waals surface area (Å²) in [7, 11) is 0. The van der Waals surface area contributed by atoms with E-state index in [0.29, 0.717) is 27.5 Å². The third-order valence-corrected chi connectivity index (χ3v) is 3.57. The first-order valence-electron chi connectivity index (χ1n) is 6.21. The van der Waals surface area contributed by atoms with Gasteiger partial charge < -0.3 is 15.4 Å². The van der Waals surface area contributed by atoms with Crippen LogP contribution in [0.1, 0.15) is 27.3 Å². The van der Waals surface area contributed by atoms with Crippen LogP contribution in [0.5, 0.6) is 0 Å². The number of hydrogen-bond donors (Lipinski definition) is 3. The molecule has 0 aliphatic carbocycles. The first-order chi connectivity index (χ1) is 9.95. The summed E-state index contributed by atoms with van der Waals surface area (Å²) in [6, 6.07) is 6.67. The summed E-state index contributed by atoms with van der Waals surface area (Å²) in [5, 5.41) is 12.3. The van der Waals surface area contributed by atoms with E-state index in [0.717, 1.165) is 5.56 Å². The lowest BCUT2D eigenvalue weighted by Gasteiger charge is -1.99. The molecule has 0 spiro atoms. The number of amides is 1. The highest BCUT2D eigenvalue weighted by atomic mass is 35.5. The molecule has 0 atom stereocenters. The third-order valence-electron chi connectivity index (χ3n) is 3.34. The van der Waals surface area contributed by atoms with Crippen LogP contribution in [0.25, 0.3) is 11.6 Å². The number of hydrogen-bond acceptors (Lipinski definition) is 2. The zero-order chi connectivity index (χ0) is 15.1. The molecule has 2 heterocycles. The van der Waals surface area contributed by atoms with Gasteiger partial charge in [0.25, 0.3) is 5.91 Å². The van der Waals surface area contributed by atoms with Gasteiger partial charge >= 0.3 is 5.97 Å². The largest absolute Gasteiger partial charge is 0.477 e. The Kier molecular flexibility index (Phi) is 3.07. The van der Waals surface area contributed by atoms with E-state index in [-0.39, 0.29) is 11.6 Å². The molecule has 3 N–H and O–H groups in total. The van der Waals surface area contributed by atoms with Gasteiger partial charge in [-0.1, -0.05) is 11.6 Å². The van der Waals surface area contributed by atoms with Gasteiger partial charge in [-0.15, -0.1) is 0 Å². The van der Waals surface area contributed by atoms with Crippen molar-refractivity contribution in [2.75, 3.05) is 5.32 Å². The van der Waals surface area contributed by atoms with Crippen LogP contribution in [-0.2, 0) is 4.79 Å². The summed E-state index contributed by atoms with van der Waals surface area (Å²) in [5.41, 5.74) is 3.28. The molecule has 3 rings (SSSR count). The second kappa shape index (κ2) is 4.79. The van der Waals surface area contributed by atoms with Gasteiger partial charge in [0.1, 0.15) is 5.69 Å². The number of halogens is 1. The first-order valence-corrected chi connectivity index (χ1v) is 6.59. The number of nitrogens with one attached hydrogen (secondary N) is 2. The zero-order valence-corrected chi connectivity index (χ0v) is 11.8. The van der Waals surface area contributed by atoms with Gasteiger partial charge in [0.15, 0.2) is 0 Å². The Balaban J connectivity index is 2.11. The number of anilines is 1. The first kappa shape index (κ1) is 13.5. The number of H-pyrrole nitrogens is 1. The number of carboxylic acid groups (broad SMARTS) is 1. The van der Waals surface area contributed by atoms with Crippen LogP contribution < -0.4 is 5.32 Å². The number of aromatic amines is 1. The van der Waals surface area contributed by atoms with Gasteiger partial charge in [-0.25, -0.2) is 4.79 Å². The number of aromatic carboxylic acids is 1. The maximum absolute atomic E-state index is 12.0. The molecule has 1 aliphatic heterocycles. The van der Waals surface area contributed by atoms with Crippen LogP contribution in [0.15, 0.2) is 24.3 Å². The molecule has 0 radical (unpaired) electrons. The molecule has 106 valence electrons. The minimum absolute atomic E-state index is 0.0871. The predicted octanol–water partition coefficient (Wildman–Crippen LogP) is 3.17. The highest BCUT2D eigenvalue weighted by molar-refractivity contribution is 6.36.